The number of nitrogens with zero attached hydrogens (tertiary/aromatic N) is 1. The van der Waals surface area contributed by atoms with Gasteiger partial charge in [0.05, 0.1) is 12.2 Å². The SMILES string of the molecule is CCN([C@@H]1CCCCC1C(N)=O)S(C)(=O)=O.S. The van der Waals surface area contributed by atoms with Crippen LogP contribution in [0.15, 0.2) is 0 Å². The largest absolute Gasteiger partial charge is 0.369 e. The summed E-state index contributed by atoms with van der Waals surface area (Å²) >= 11 is 0. The second-order valence-corrected chi connectivity index (χ2v) is 6.26. The number of primary amides is 1. The smallest absolute Gasteiger partial charge is 0.222 e. The van der Waals surface area contributed by atoms with Crippen molar-refractivity contribution in [2.24, 2.45) is 11.7 Å². The zero-order valence-corrected chi connectivity index (χ0v) is 12.2. The van der Waals surface area contributed by atoms with E-state index in [1.54, 1.807) is 6.92 Å². The first kappa shape index (κ1) is 16.7. The minimum Gasteiger partial charge on any atom is -0.369 e. The molecule has 102 valence electrons. The minimum atomic E-state index is -3.26. The van der Waals surface area contributed by atoms with Crippen molar-refractivity contribution < 1.29 is 13.2 Å². The summed E-state index contributed by atoms with van der Waals surface area (Å²) in [5, 5.41) is 0. The Labute approximate surface area is 110 Å². The highest BCUT2D eigenvalue weighted by atomic mass is 32.2. The third kappa shape index (κ3) is 4.15. The molecule has 7 heteroatoms. The van der Waals surface area contributed by atoms with Crippen LogP contribution >= 0.6 is 13.5 Å². The summed E-state index contributed by atoms with van der Waals surface area (Å²) < 4.78 is 24.6. The van der Waals surface area contributed by atoms with Gasteiger partial charge < -0.3 is 5.73 Å². The van der Waals surface area contributed by atoms with Gasteiger partial charge in [-0.15, -0.1) is 0 Å². The Hall–Kier alpha value is -0.270. The summed E-state index contributed by atoms with van der Waals surface area (Å²) in [6, 6.07) is -0.244. The van der Waals surface area contributed by atoms with Gasteiger partial charge in [0.1, 0.15) is 0 Å². The van der Waals surface area contributed by atoms with Crippen molar-refractivity contribution in [3.63, 3.8) is 0 Å². The molecular weight excluding hydrogens is 260 g/mol. The van der Waals surface area contributed by atoms with E-state index in [2.05, 4.69) is 0 Å². The molecule has 0 spiro atoms. The lowest BCUT2D eigenvalue weighted by Gasteiger charge is -2.36. The molecule has 5 nitrogen and oxygen atoms in total. The maximum atomic E-state index is 11.6. The van der Waals surface area contributed by atoms with Crippen molar-refractivity contribution >= 4 is 29.4 Å². The fourth-order valence-corrected chi connectivity index (χ4v) is 3.72. The fourth-order valence-electron chi connectivity index (χ4n) is 2.50. The second kappa shape index (κ2) is 6.61. The minimum absolute atomic E-state index is 0. The van der Waals surface area contributed by atoms with E-state index < -0.39 is 10.0 Å². The van der Waals surface area contributed by atoms with Crippen LogP contribution in [0.25, 0.3) is 0 Å². The van der Waals surface area contributed by atoms with E-state index >= 15 is 0 Å². The molecule has 1 rings (SSSR count). The summed E-state index contributed by atoms with van der Waals surface area (Å²) in [6.07, 6.45) is 4.52. The molecule has 0 aromatic rings. The predicted molar refractivity (Wildman–Crippen MR) is 72.5 cm³/mol. The van der Waals surface area contributed by atoms with Crippen LogP contribution in [0.3, 0.4) is 0 Å². The Kier molecular flexibility index (Phi) is 6.50. The highest BCUT2D eigenvalue weighted by Crippen LogP contribution is 2.29. The molecule has 0 bridgehead atoms. The normalized spacial score (nSPS) is 25.4. The second-order valence-electron chi connectivity index (χ2n) is 4.33. The van der Waals surface area contributed by atoms with Crippen LogP contribution in [0.4, 0.5) is 0 Å². The lowest BCUT2D eigenvalue weighted by Crippen LogP contribution is -2.49. The molecule has 1 unspecified atom stereocenters. The summed E-state index contributed by atoms with van der Waals surface area (Å²) in [6.45, 7) is 2.18. The molecular formula is C10H22N2O3S2. The Morgan fingerprint density at radius 3 is 2.29 bits per heavy atom. The highest BCUT2D eigenvalue weighted by Gasteiger charge is 2.36. The number of hydrogen-bond acceptors (Lipinski definition) is 3. The third-order valence-corrected chi connectivity index (χ3v) is 4.58. The Balaban J connectivity index is 0.00000256. The number of hydrogen-bond donors (Lipinski definition) is 1. The average Bonchev–Trinajstić information content (AvgIpc) is 2.17. The molecule has 2 N–H and O–H groups in total. The van der Waals surface area contributed by atoms with Crippen molar-refractivity contribution in [2.45, 2.75) is 38.6 Å². The molecule has 0 radical (unpaired) electrons. The van der Waals surface area contributed by atoms with Crippen molar-refractivity contribution in [3.8, 4) is 0 Å². The van der Waals surface area contributed by atoms with Crippen LogP contribution in [0.2, 0.25) is 0 Å². The molecule has 1 aliphatic carbocycles. The predicted octanol–water partition coefficient (Wildman–Crippen LogP) is 0.425. The molecule has 0 aliphatic heterocycles. The third-order valence-electron chi connectivity index (χ3n) is 3.20. The van der Waals surface area contributed by atoms with Crippen LogP contribution in [-0.2, 0) is 14.8 Å². The zero-order valence-electron chi connectivity index (χ0n) is 10.3. The van der Waals surface area contributed by atoms with Gasteiger partial charge in [0.25, 0.3) is 0 Å². The van der Waals surface area contributed by atoms with Gasteiger partial charge in [-0.25, -0.2) is 8.42 Å². The van der Waals surface area contributed by atoms with Gasteiger partial charge in [-0.3, -0.25) is 4.79 Å². The maximum Gasteiger partial charge on any atom is 0.222 e. The number of nitrogens with two attached hydrogens (primary N) is 1. The van der Waals surface area contributed by atoms with E-state index in [0.29, 0.717) is 13.0 Å². The van der Waals surface area contributed by atoms with Crippen LogP contribution in [0.5, 0.6) is 0 Å². The van der Waals surface area contributed by atoms with Gasteiger partial charge >= 0.3 is 0 Å². The molecule has 17 heavy (non-hydrogen) atoms. The van der Waals surface area contributed by atoms with Crippen LogP contribution < -0.4 is 5.73 Å². The lowest BCUT2D eigenvalue weighted by molar-refractivity contribution is -0.124. The summed E-state index contributed by atoms with van der Waals surface area (Å²) in [7, 11) is -3.26. The fraction of sp³-hybridized carbons (Fsp3) is 0.900. The van der Waals surface area contributed by atoms with Gasteiger partial charge in [0.15, 0.2) is 0 Å². The topological polar surface area (TPSA) is 80.5 Å². The van der Waals surface area contributed by atoms with Crippen LogP contribution in [0, 0.1) is 5.92 Å². The Bertz CT molecular complexity index is 357. The number of rotatable bonds is 4. The van der Waals surface area contributed by atoms with Gasteiger partial charge in [-0.1, -0.05) is 19.8 Å². The molecule has 2 atom stereocenters. The summed E-state index contributed by atoms with van der Waals surface area (Å²) in [5.74, 6) is -0.713. The van der Waals surface area contributed by atoms with Crippen LogP contribution in [-0.4, -0.2) is 37.5 Å². The zero-order chi connectivity index (χ0) is 12.3. The Morgan fingerprint density at radius 1 is 1.35 bits per heavy atom. The van der Waals surface area contributed by atoms with E-state index in [0.717, 1.165) is 19.3 Å². The van der Waals surface area contributed by atoms with Crippen molar-refractivity contribution in [1.82, 2.24) is 4.31 Å². The first-order valence-corrected chi connectivity index (χ1v) is 7.49. The first-order chi connectivity index (χ1) is 7.38. The van der Waals surface area contributed by atoms with Crippen molar-refractivity contribution in [3.05, 3.63) is 0 Å². The van der Waals surface area contributed by atoms with Gasteiger partial charge in [0, 0.05) is 12.6 Å². The van der Waals surface area contributed by atoms with Crippen molar-refractivity contribution in [2.75, 3.05) is 12.8 Å². The van der Waals surface area contributed by atoms with E-state index in [-0.39, 0.29) is 31.4 Å². The van der Waals surface area contributed by atoms with Gasteiger partial charge in [-0.2, -0.15) is 17.8 Å². The van der Waals surface area contributed by atoms with Gasteiger partial charge in [0.2, 0.25) is 15.9 Å². The molecule has 0 saturated heterocycles. The number of carbonyl (C=O) groups excluding carboxylic acids is 1. The quantitative estimate of drug-likeness (QED) is 0.811. The van der Waals surface area contributed by atoms with Crippen molar-refractivity contribution in [1.29, 1.82) is 0 Å². The maximum absolute atomic E-state index is 11.6. The average molecular weight is 282 g/mol. The molecule has 0 aromatic heterocycles. The summed E-state index contributed by atoms with van der Waals surface area (Å²) in [4.78, 5) is 11.3. The van der Waals surface area contributed by atoms with E-state index in [4.69, 9.17) is 5.73 Å². The molecule has 1 aliphatic rings. The van der Waals surface area contributed by atoms with E-state index in [1.165, 1.54) is 10.6 Å². The standard InChI is InChI=1S/C10H20N2O3S.H2S/c1-3-12(16(2,14)15)9-7-5-4-6-8(9)10(11)13;/h8-9H,3-7H2,1-2H3,(H2,11,13);1H2/t8?,9-;/m1./s1. The van der Waals surface area contributed by atoms with Crippen LogP contribution in [0.1, 0.15) is 32.6 Å². The molecule has 0 aromatic carbocycles. The van der Waals surface area contributed by atoms with Gasteiger partial charge in [-0.05, 0) is 12.8 Å². The first-order valence-electron chi connectivity index (χ1n) is 5.64. The highest BCUT2D eigenvalue weighted by molar-refractivity contribution is 7.88. The number of amides is 1. The molecule has 1 saturated carbocycles. The molecule has 1 amide bonds. The molecule has 0 heterocycles. The lowest BCUT2D eigenvalue weighted by atomic mass is 9.84. The number of sulfonamides is 1. The molecule has 1 fully saturated rings. The van der Waals surface area contributed by atoms with E-state index in [9.17, 15) is 13.2 Å². The number of carbonyl (C=O) groups is 1. The Morgan fingerprint density at radius 2 is 1.88 bits per heavy atom. The summed E-state index contributed by atoms with van der Waals surface area (Å²) in [5.41, 5.74) is 5.33. The van der Waals surface area contributed by atoms with E-state index in [1.807, 2.05) is 0 Å². The monoisotopic (exact) mass is 282 g/mol.